The van der Waals surface area contributed by atoms with Crippen molar-refractivity contribution in [3.8, 4) is 11.5 Å². The quantitative estimate of drug-likeness (QED) is 0.341. The lowest BCUT2D eigenvalue weighted by atomic mass is 10.0. The molecule has 4 nitrogen and oxygen atoms in total. The molecule has 3 N–H and O–H groups in total. The molecule has 0 aromatic heterocycles. The predicted molar refractivity (Wildman–Crippen MR) is 106 cm³/mol. The average molecular weight is 372 g/mol. The number of benzene rings is 2. The molecule has 2 rings (SSSR count). The van der Waals surface area contributed by atoms with Crippen molar-refractivity contribution in [2.45, 2.75) is 12.5 Å². The molecule has 0 fully saturated rings. The van der Waals surface area contributed by atoms with Crippen LogP contribution >= 0.6 is 11.6 Å². The van der Waals surface area contributed by atoms with Crippen LogP contribution in [-0.4, -0.2) is 17.3 Å². The summed E-state index contributed by atoms with van der Waals surface area (Å²) in [5.41, 5.74) is 2.41. The van der Waals surface area contributed by atoms with E-state index in [-0.39, 0.29) is 17.5 Å². The fourth-order valence-electron chi connectivity index (χ4n) is 2.40. The first kappa shape index (κ1) is 19.5. The summed E-state index contributed by atoms with van der Waals surface area (Å²) in [6, 6.07) is 12.1. The second-order valence-corrected chi connectivity index (χ2v) is 6.24. The fraction of sp³-hybridized carbons (Fsp3) is 0.143. The highest BCUT2D eigenvalue weighted by Gasteiger charge is 2.14. The van der Waals surface area contributed by atoms with E-state index in [1.807, 2.05) is 24.3 Å². The predicted octanol–water partition coefficient (Wildman–Crippen LogP) is 5.16. The molecule has 1 unspecified atom stereocenters. The molecule has 0 aliphatic heterocycles. The Hall–Kier alpha value is -2.85. The summed E-state index contributed by atoms with van der Waals surface area (Å²) in [6.45, 7) is 7.90. The molecule has 0 heterocycles. The highest BCUT2D eigenvalue weighted by atomic mass is 35.5. The van der Waals surface area contributed by atoms with Gasteiger partial charge in [0.2, 0.25) is 0 Å². The molecule has 2 aromatic carbocycles. The van der Waals surface area contributed by atoms with E-state index in [0.29, 0.717) is 22.9 Å². The van der Waals surface area contributed by atoms with E-state index in [9.17, 15) is 10.2 Å². The van der Waals surface area contributed by atoms with Crippen molar-refractivity contribution in [1.29, 1.82) is 0 Å². The van der Waals surface area contributed by atoms with E-state index < -0.39 is 0 Å². The number of rotatable bonds is 8. The summed E-state index contributed by atoms with van der Waals surface area (Å²) in [7, 11) is 1.59. The Morgan fingerprint density at radius 1 is 1.19 bits per heavy atom. The maximum absolute atomic E-state index is 9.55. The van der Waals surface area contributed by atoms with E-state index in [1.165, 1.54) is 12.1 Å². The first-order chi connectivity index (χ1) is 12.4. The monoisotopic (exact) mass is 371 g/mol. The van der Waals surface area contributed by atoms with Crippen LogP contribution in [0, 0.1) is 0 Å². The zero-order valence-corrected chi connectivity index (χ0v) is 15.3. The van der Waals surface area contributed by atoms with Crippen molar-refractivity contribution in [1.82, 2.24) is 5.32 Å². The summed E-state index contributed by atoms with van der Waals surface area (Å²) in [5.74, 6) is 0.319. The largest absolute Gasteiger partial charge is 0.504 e. The molecule has 26 heavy (non-hydrogen) atoms. The zero-order chi connectivity index (χ0) is 19.1. The number of hydrogen-bond acceptors (Lipinski definition) is 4. The molecule has 5 heteroatoms. The van der Waals surface area contributed by atoms with Gasteiger partial charge in [-0.3, -0.25) is 0 Å². The van der Waals surface area contributed by atoms with Gasteiger partial charge in [-0.1, -0.05) is 49.0 Å². The van der Waals surface area contributed by atoms with Crippen molar-refractivity contribution in [2.75, 3.05) is 7.11 Å². The van der Waals surface area contributed by atoms with Gasteiger partial charge in [0, 0.05) is 17.1 Å². The number of aromatic hydroxyl groups is 2. The van der Waals surface area contributed by atoms with Crippen LogP contribution in [-0.2, 0) is 4.74 Å². The van der Waals surface area contributed by atoms with Crippen LogP contribution < -0.4 is 5.32 Å². The van der Waals surface area contributed by atoms with Gasteiger partial charge in [-0.25, -0.2) is 0 Å². The van der Waals surface area contributed by atoms with E-state index in [2.05, 4.69) is 18.5 Å². The van der Waals surface area contributed by atoms with Crippen LogP contribution in [0.1, 0.15) is 23.6 Å². The van der Waals surface area contributed by atoms with Gasteiger partial charge in [0.05, 0.1) is 18.9 Å². The Morgan fingerprint density at radius 2 is 1.96 bits per heavy atom. The first-order valence-corrected chi connectivity index (χ1v) is 8.39. The number of phenolic OH excluding ortho intramolecular Hbond substituents is 2. The van der Waals surface area contributed by atoms with Crippen LogP contribution in [0.5, 0.6) is 11.5 Å². The van der Waals surface area contributed by atoms with Crippen LogP contribution in [0.25, 0.3) is 6.08 Å². The maximum atomic E-state index is 9.55. The van der Waals surface area contributed by atoms with Crippen LogP contribution in [0.3, 0.4) is 0 Å². The number of hydrogen-bond donors (Lipinski definition) is 3. The molecule has 0 amide bonds. The van der Waals surface area contributed by atoms with E-state index >= 15 is 0 Å². The SMILES string of the molecule is C=C(/C=C/c1ccc(O)c(O)c1)NC(CC(=C)OC)c1cccc(Cl)c1. The second kappa shape index (κ2) is 9.02. The van der Waals surface area contributed by atoms with Crippen molar-refractivity contribution in [2.24, 2.45) is 0 Å². The number of halogens is 1. The Labute approximate surface area is 158 Å². The lowest BCUT2D eigenvalue weighted by molar-refractivity contribution is 0.268. The molecule has 0 saturated carbocycles. The third kappa shape index (κ3) is 5.60. The van der Waals surface area contributed by atoms with E-state index in [1.54, 1.807) is 25.3 Å². The van der Waals surface area contributed by atoms with Gasteiger partial charge >= 0.3 is 0 Å². The Balaban J connectivity index is 2.13. The second-order valence-electron chi connectivity index (χ2n) is 5.81. The molecule has 0 radical (unpaired) electrons. The van der Waals surface area contributed by atoms with Gasteiger partial charge in [0.15, 0.2) is 11.5 Å². The van der Waals surface area contributed by atoms with E-state index in [0.717, 1.165) is 11.1 Å². The molecule has 0 saturated heterocycles. The lowest BCUT2D eigenvalue weighted by Gasteiger charge is -2.21. The normalized spacial score (nSPS) is 11.9. The highest BCUT2D eigenvalue weighted by Crippen LogP contribution is 2.26. The number of phenols is 2. The minimum absolute atomic E-state index is 0.105. The Morgan fingerprint density at radius 3 is 2.62 bits per heavy atom. The molecular formula is C21H22ClNO3. The number of allylic oxidation sites excluding steroid dienone is 1. The first-order valence-electron chi connectivity index (χ1n) is 8.01. The molecule has 136 valence electrons. The van der Waals surface area contributed by atoms with Crippen LogP contribution in [0.15, 0.2) is 73.2 Å². The van der Waals surface area contributed by atoms with Crippen molar-refractivity contribution in [3.63, 3.8) is 0 Å². The third-order valence-electron chi connectivity index (χ3n) is 3.81. The average Bonchev–Trinajstić information content (AvgIpc) is 2.62. The summed E-state index contributed by atoms with van der Waals surface area (Å²) in [4.78, 5) is 0. The summed E-state index contributed by atoms with van der Waals surface area (Å²) < 4.78 is 5.20. The van der Waals surface area contributed by atoms with Crippen LogP contribution in [0.2, 0.25) is 5.02 Å². The molecule has 0 spiro atoms. The minimum atomic E-state index is -0.168. The van der Waals surface area contributed by atoms with Crippen molar-refractivity contribution in [3.05, 3.63) is 89.3 Å². The molecule has 0 aliphatic rings. The topological polar surface area (TPSA) is 61.7 Å². The van der Waals surface area contributed by atoms with Crippen molar-refractivity contribution >= 4 is 17.7 Å². The molecule has 1 atom stereocenters. The maximum Gasteiger partial charge on any atom is 0.157 e. The molecule has 2 aromatic rings. The zero-order valence-electron chi connectivity index (χ0n) is 14.6. The number of methoxy groups -OCH3 is 1. The highest BCUT2D eigenvalue weighted by molar-refractivity contribution is 6.30. The molecular weight excluding hydrogens is 350 g/mol. The standard InChI is InChI=1S/C21H22ClNO3/c1-14(7-8-16-9-10-20(24)21(25)12-16)23-19(11-15(2)26-3)17-5-4-6-18(22)13-17/h4-10,12-13,19,23-25H,1-2,11H2,3H3/b8-7+. The lowest BCUT2D eigenvalue weighted by Crippen LogP contribution is -2.20. The summed E-state index contributed by atoms with van der Waals surface area (Å²) >= 11 is 6.10. The van der Waals surface area contributed by atoms with E-state index in [4.69, 9.17) is 16.3 Å². The van der Waals surface area contributed by atoms with Crippen molar-refractivity contribution < 1.29 is 14.9 Å². The summed E-state index contributed by atoms with van der Waals surface area (Å²) in [6.07, 6.45) is 4.14. The Kier molecular flexibility index (Phi) is 6.75. The summed E-state index contributed by atoms with van der Waals surface area (Å²) in [5, 5.41) is 22.9. The third-order valence-corrected chi connectivity index (χ3v) is 4.04. The van der Waals surface area contributed by atoms with Gasteiger partial charge in [-0.2, -0.15) is 0 Å². The van der Waals surface area contributed by atoms with Gasteiger partial charge in [-0.15, -0.1) is 0 Å². The van der Waals surface area contributed by atoms with Crippen LogP contribution in [0.4, 0.5) is 0 Å². The van der Waals surface area contributed by atoms with Gasteiger partial charge in [0.25, 0.3) is 0 Å². The minimum Gasteiger partial charge on any atom is -0.504 e. The van der Waals surface area contributed by atoms with Gasteiger partial charge in [0.1, 0.15) is 0 Å². The Bertz CT molecular complexity index is 830. The number of ether oxygens (including phenoxy) is 1. The molecule has 0 bridgehead atoms. The molecule has 0 aliphatic carbocycles. The fourth-order valence-corrected chi connectivity index (χ4v) is 2.60. The van der Waals surface area contributed by atoms with Gasteiger partial charge < -0.3 is 20.3 Å². The smallest absolute Gasteiger partial charge is 0.157 e. The van der Waals surface area contributed by atoms with Gasteiger partial charge in [-0.05, 0) is 41.5 Å². The number of nitrogens with one attached hydrogen (secondary N) is 1.